The van der Waals surface area contributed by atoms with Gasteiger partial charge in [0.2, 0.25) is 17.7 Å². The summed E-state index contributed by atoms with van der Waals surface area (Å²) in [5.74, 6) is 1.20. The minimum atomic E-state index is -0.124. The van der Waals surface area contributed by atoms with E-state index >= 15 is 0 Å². The van der Waals surface area contributed by atoms with Crippen molar-refractivity contribution in [3.63, 3.8) is 0 Å². The van der Waals surface area contributed by atoms with Crippen LogP contribution in [0.1, 0.15) is 295 Å². The van der Waals surface area contributed by atoms with Gasteiger partial charge >= 0.3 is 12.1 Å². The molecule has 23 nitrogen and oxygen atoms in total. The maximum absolute atomic E-state index is 11.4. The van der Waals surface area contributed by atoms with Crippen molar-refractivity contribution in [2.24, 2.45) is 22.2 Å². The van der Waals surface area contributed by atoms with Crippen molar-refractivity contribution < 1.29 is 48.0 Å². The summed E-state index contributed by atoms with van der Waals surface area (Å²) in [6.45, 7) is 86.7. The molecule has 0 spiro atoms. The van der Waals surface area contributed by atoms with Crippen molar-refractivity contribution in [1.29, 1.82) is 0 Å². The first kappa shape index (κ1) is 117. The second kappa shape index (κ2) is 70.4. The number of urea groups is 2. The van der Waals surface area contributed by atoms with Crippen LogP contribution in [0.15, 0.2) is 60.7 Å². The molecular formula is C95H187N13O10. The molecule has 23 heteroatoms. The van der Waals surface area contributed by atoms with Gasteiger partial charge in [0.1, 0.15) is 0 Å². The largest absolute Gasteiger partial charge is 0.395 e. The molecule has 2 aromatic carbocycles. The third kappa shape index (κ3) is 78.2. The van der Waals surface area contributed by atoms with Crippen LogP contribution in [0.3, 0.4) is 0 Å². The van der Waals surface area contributed by atoms with E-state index in [0.717, 1.165) is 110 Å². The average Bonchev–Trinajstić information content (AvgIpc) is 1.04. The first-order valence-corrected chi connectivity index (χ1v) is 45.6. The number of aliphatic hydroxyl groups is 1. The zero-order chi connectivity index (χ0) is 90.2. The molecule has 0 bridgehead atoms. The van der Waals surface area contributed by atoms with Crippen molar-refractivity contribution in [1.82, 2.24) is 66.6 Å². The number of ether oxygens (including phenoxy) is 4. The molecule has 118 heavy (non-hydrogen) atoms. The van der Waals surface area contributed by atoms with Gasteiger partial charge in [0, 0.05) is 141 Å². The van der Waals surface area contributed by atoms with Crippen molar-refractivity contribution in [2.45, 2.75) is 332 Å². The maximum Gasteiger partial charge on any atom is 0.315 e. The Hall–Kier alpha value is -5.05. The van der Waals surface area contributed by atoms with Crippen LogP contribution in [0.4, 0.5) is 9.59 Å². The van der Waals surface area contributed by atoms with Gasteiger partial charge in [-0.25, -0.2) is 9.59 Å². The molecule has 0 aromatic heterocycles. The zero-order valence-electron chi connectivity index (χ0n) is 81.5. The number of likely N-dealkylation sites (tertiary alicyclic amines) is 4. The summed E-state index contributed by atoms with van der Waals surface area (Å²) in [7, 11) is 0. The van der Waals surface area contributed by atoms with Crippen molar-refractivity contribution in [3.8, 4) is 0 Å². The Bertz CT molecular complexity index is 2630. The topological polar surface area (TPSA) is 246 Å². The summed E-state index contributed by atoms with van der Waals surface area (Å²) < 4.78 is 21.3. The van der Waals surface area contributed by atoms with Crippen molar-refractivity contribution >= 4 is 29.8 Å². The maximum atomic E-state index is 11.4. The number of piperidine rings is 2. The Morgan fingerprint density at radius 1 is 0.449 bits per heavy atom. The lowest BCUT2D eigenvalue weighted by Gasteiger charge is -2.38. The molecule has 6 saturated heterocycles. The van der Waals surface area contributed by atoms with E-state index in [1.807, 2.05) is 124 Å². The third-order valence-electron chi connectivity index (χ3n) is 18.0. The monoisotopic (exact) mass is 1670 g/mol. The lowest BCUT2D eigenvalue weighted by atomic mass is 9.93. The number of nitrogens with one attached hydrogen (secondary N) is 7. The number of hydrogen-bond donors (Lipinski definition) is 8. The highest BCUT2D eigenvalue weighted by Crippen LogP contribution is 2.24. The minimum absolute atomic E-state index is 0.0324. The Morgan fingerprint density at radius 3 is 1.22 bits per heavy atom. The Balaban J connectivity index is -0.00000124. The van der Waals surface area contributed by atoms with Gasteiger partial charge in [-0.05, 0) is 215 Å². The molecule has 0 radical (unpaired) electrons. The van der Waals surface area contributed by atoms with E-state index < -0.39 is 0 Å². The van der Waals surface area contributed by atoms with Crippen LogP contribution in [-0.2, 0) is 33.3 Å². The van der Waals surface area contributed by atoms with Gasteiger partial charge in [0.05, 0.1) is 64.5 Å². The summed E-state index contributed by atoms with van der Waals surface area (Å²) in [5, 5.41) is 29.0. The number of carbonyl (C=O) groups is 5. The highest BCUT2D eigenvalue weighted by molar-refractivity contribution is 5.78. The number of benzene rings is 2. The summed E-state index contributed by atoms with van der Waals surface area (Å²) >= 11 is 0. The van der Waals surface area contributed by atoms with E-state index in [1.54, 1.807) is 0 Å². The number of morpholine rings is 2. The van der Waals surface area contributed by atoms with Crippen LogP contribution in [0, 0.1) is 22.2 Å². The van der Waals surface area contributed by atoms with Crippen LogP contribution in [0.2, 0.25) is 0 Å². The number of rotatable bonds is 24. The average molecular weight is 1670 g/mol. The van der Waals surface area contributed by atoms with Crippen LogP contribution in [0.5, 0.6) is 0 Å². The van der Waals surface area contributed by atoms with E-state index in [9.17, 15) is 29.1 Å². The van der Waals surface area contributed by atoms with Crippen LogP contribution in [0.25, 0.3) is 0 Å². The summed E-state index contributed by atoms with van der Waals surface area (Å²) in [6, 6.07) is 22.6. The van der Waals surface area contributed by atoms with Crippen LogP contribution >= 0.6 is 0 Å². The molecule has 2 aromatic rings. The van der Waals surface area contributed by atoms with Crippen LogP contribution < -0.4 is 37.2 Å². The number of hydrogen-bond acceptors (Lipinski definition) is 16. The summed E-state index contributed by atoms with van der Waals surface area (Å²) in [5.41, 5.74) is 3.72. The molecule has 692 valence electrons. The van der Waals surface area contributed by atoms with E-state index in [4.69, 9.17) is 18.9 Å². The first-order valence-electron chi connectivity index (χ1n) is 45.6. The molecule has 6 aliphatic rings. The first-order chi connectivity index (χ1) is 55.2. The van der Waals surface area contributed by atoms with Gasteiger partial charge in [0.15, 0.2) is 0 Å². The molecule has 6 aliphatic heterocycles. The van der Waals surface area contributed by atoms with E-state index in [2.05, 4.69) is 197 Å². The molecule has 0 saturated carbocycles. The fourth-order valence-electron chi connectivity index (χ4n) is 13.3. The van der Waals surface area contributed by atoms with E-state index in [0.29, 0.717) is 60.2 Å². The number of carbonyl (C=O) groups excluding carboxylic acids is 5. The third-order valence-corrected chi connectivity index (χ3v) is 18.0. The quantitative estimate of drug-likeness (QED) is 0.0487. The molecule has 8 rings (SSSR count). The lowest BCUT2D eigenvalue weighted by molar-refractivity contribution is -0.128. The fourth-order valence-corrected chi connectivity index (χ4v) is 13.3. The molecule has 8 N–H and O–H groups in total. The highest BCUT2D eigenvalue weighted by Gasteiger charge is 2.26. The number of nitrogens with zero attached hydrogens (tertiary/aromatic N) is 6. The molecule has 3 atom stereocenters. The second-order valence-electron chi connectivity index (χ2n) is 38.1. The lowest BCUT2D eigenvalue weighted by Crippen LogP contribution is -2.45. The summed E-state index contributed by atoms with van der Waals surface area (Å²) in [6.07, 6.45) is 13.2. The molecule has 6 fully saturated rings. The van der Waals surface area contributed by atoms with Crippen LogP contribution in [-0.4, -0.2) is 270 Å². The van der Waals surface area contributed by atoms with Gasteiger partial charge in [-0.3, -0.25) is 29.1 Å². The molecule has 0 aliphatic carbocycles. The molecular weight excluding hydrogens is 1480 g/mol. The standard InChI is InChI=1S/C12H18N2O.C11H23NO.C11H17N.C10H21N.C9H19NO2.C9H17NO2.C9H19NO.C8H17N.C6H14N2O.2C5H11NO/c1-9(2)13-12(15)14-10(3)11-7-5-4-6-8-11;1-11(2,3)9-12-7-5-4-6-10(12)8-13;1-9(2)12-10(3)11-7-5-4-6-8-11;1-10(2,3)9-11-7-5-4-6-8-11;1-9(2)12-8-5-10-3-6-11-7-4-10;1-8(2)12-7-6-10-5-3-4-9(10)11;1-9(2,3)8-10-4-6-11-7-5-10;1-8(2)7-9-5-3-4-6-9;1-4-7-6(9)8-5(2)3;2*1-4(2)6-5(3)7/h4-10H,1-3H3,(H2,13,14,15);10,13H,4-9H2,1-3H3;4-10,12H,1-3H3;4-9H2,1-3H3;9H,3-8H2,1-2H3;8H,3-7H2,1-2H3;4-8H2,1-3H3;8H,3-7H2,1-2H3;5H,4H2,1-3H3,(H2,7,8,9);2*4H,1-3H3,(H,6,7). The fraction of sp³-hybridized carbons (Fsp3) is 0.821. The molecule has 3 unspecified atom stereocenters. The molecule has 7 amide bonds. The van der Waals surface area contributed by atoms with E-state index in [-0.39, 0.29) is 66.1 Å². The predicted molar refractivity (Wildman–Crippen MR) is 498 cm³/mol. The SMILES string of the molecule is CC(=O)NC(C)C.CC(=O)NC(C)C.CC(C)(C)CN1CCCCC1.CC(C)(C)CN1CCCCC1CO.CC(C)(C)CN1CCOCC1.CC(C)CN1CCCC1.CC(C)NC(=O)NC(C)c1ccccc1.CC(C)NC(C)c1ccccc1.CC(C)OCCN1CCCC1=O.CC(C)OCCN1CCOCC1.CCNC(=O)NC(C)C. The Morgan fingerprint density at radius 2 is 0.847 bits per heavy atom. The van der Waals surface area contributed by atoms with E-state index in [1.165, 1.54) is 123 Å². The summed E-state index contributed by atoms with van der Waals surface area (Å²) in [4.78, 5) is 67.8. The highest BCUT2D eigenvalue weighted by atomic mass is 16.5. The second-order valence-corrected chi connectivity index (χ2v) is 38.1. The van der Waals surface area contributed by atoms with Crippen molar-refractivity contribution in [2.75, 3.05) is 158 Å². The van der Waals surface area contributed by atoms with Gasteiger partial charge < -0.3 is 76.0 Å². The van der Waals surface area contributed by atoms with Gasteiger partial charge in [-0.1, -0.05) is 164 Å². The van der Waals surface area contributed by atoms with Gasteiger partial charge in [-0.2, -0.15) is 0 Å². The van der Waals surface area contributed by atoms with Gasteiger partial charge in [0.25, 0.3) is 0 Å². The minimum Gasteiger partial charge on any atom is -0.395 e. The predicted octanol–water partition coefficient (Wildman–Crippen LogP) is 16.3. The number of amides is 7. The smallest absolute Gasteiger partial charge is 0.315 e. The Labute approximate surface area is 724 Å². The number of aliphatic hydroxyl groups excluding tert-OH is 1. The Kier molecular flexibility index (Phi) is 69.8. The van der Waals surface area contributed by atoms with Crippen molar-refractivity contribution in [3.05, 3.63) is 71.8 Å². The normalized spacial score (nSPS) is 17.3. The molecule has 6 heterocycles. The van der Waals surface area contributed by atoms with Gasteiger partial charge in [-0.15, -0.1) is 0 Å². The zero-order valence-corrected chi connectivity index (χ0v) is 81.5.